The molecule has 7 heteroatoms. The van der Waals surface area contributed by atoms with Crippen LogP contribution in [-0.4, -0.2) is 9.97 Å². The molecule has 0 atom stereocenters. The van der Waals surface area contributed by atoms with E-state index in [0.717, 1.165) is 10.6 Å². The predicted molar refractivity (Wildman–Crippen MR) is 75.9 cm³/mol. The normalized spacial score (nSPS) is 10.4. The third-order valence-electron chi connectivity index (χ3n) is 2.16. The van der Waals surface area contributed by atoms with Gasteiger partial charge in [0.1, 0.15) is 5.03 Å². The maximum Gasteiger partial charge on any atom is 0.238 e. The van der Waals surface area contributed by atoms with Gasteiger partial charge in [0.2, 0.25) is 5.95 Å². The molecule has 0 amide bonds. The molecule has 0 unspecified atom stereocenters. The van der Waals surface area contributed by atoms with Crippen molar-refractivity contribution in [1.82, 2.24) is 9.97 Å². The van der Waals surface area contributed by atoms with Crippen LogP contribution in [0.5, 0.6) is 0 Å². The molecule has 0 saturated heterocycles. The van der Waals surface area contributed by atoms with Crippen molar-refractivity contribution in [1.29, 1.82) is 0 Å². The Morgan fingerprint density at radius 2 is 2.00 bits per heavy atom. The van der Waals surface area contributed by atoms with Gasteiger partial charge in [-0.15, -0.1) is 0 Å². The second-order valence-corrected chi connectivity index (χ2v) is 5.15. The summed E-state index contributed by atoms with van der Waals surface area (Å²) < 4.78 is 0. The number of rotatable bonds is 4. The van der Waals surface area contributed by atoms with Gasteiger partial charge in [-0.3, -0.25) is 5.43 Å². The SMILES string of the molecule is NNc1ncc(Cl)c(SCc2ccccc2Cl)n1. The molecule has 0 saturated carbocycles. The zero-order chi connectivity index (χ0) is 13.0. The zero-order valence-electron chi connectivity index (χ0n) is 9.23. The highest BCUT2D eigenvalue weighted by Gasteiger charge is 2.07. The summed E-state index contributed by atoms with van der Waals surface area (Å²) in [6.45, 7) is 0. The van der Waals surface area contributed by atoms with Crippen molar-refractivity contribution in [3.8, 4) is 0 Å². The number of hydrazine groups is 1. The fourth-order valence-electron chi connectivity index (χ4n) is 1.28. The van der Waals surface area contributed by atoms with Gasteiger partial charge in [0.25, 0.3) is 0 Å². The Balaban J connectivity index is 2.13. The van der Waals surface area contributed by atoms with Crippen LogP contribution >= 0.6 is 35.0 Å². The second kappa shape index (κ2) is 6.24. The summed E-state index contributed by atoms with van der Waals surface area (Å²) in [5.41, 5.74) is 3.41. The van der Waals surface area contributed by atoms with E-state index in [9.17, 15) is 0 Å². The highest BCUT2D eigenvalue weighted by atomic mass is 35.5. The van der Waals surface area contributed by atoms with Gasteiger partial charge < -0.3 is 0 Å². The number of anilines is 1. The van der Waals surface area contributed by atoms with Crippen LogP contribution in [0.1, 0.15) is 5.56 Å². The van der Waals surface area contributed by atoms with Crippen LogP contribution in [0.25, 0.3) is 0 Å². The summed E-state index contributed by atoms with van der Waals surface area (Å²) in [6.07, 6.45) is 1.51. The largest absolute Gasteiger partial charge is 0.292 e. The molecule has 4 nitrogen and oxygen atoms in total. The van der Waals surface area contributed by atoms with Crippen molar-refractivity contribution in [3.05, 3.63) is 46.1 Å². The number of thioether (sulfide) groups is 1. The fraction of sp³-hybridized carbons (Fsp3) is 0.0909. The summed E-state index contributed by atoms with van der Waals surface area (Å²) in [4.78, 5) is 8.09. The average Bonchev–Trinajstić information content (AvgIpc) is 2.39. The van der Waals surface area contributed by atoms with Crippen LogP contribution in [0.2, 0.25) is 10.0 Å². The van der Waals surface area contributed by atoms with Crippen molar-refractivity contribution >= 4 is 40.9 Å². The van der Waals surface area contributed by atoms with Gasteiger partial charge in [0, 0.05) is 10.8 Å². The lowest BCUT2D eigenvalue weighted by Gasteiger charge is -2.06. The Labute approximate surface area is 119 Å². The molecule has 2 aromatic rings. The minimum atomic E-state index is 0.334. The van der Waals surface area contributed by atoms with E-state index >= 15 is 0 Å². The molecule has 1 aromatic carbocycles. The monoisotopic (exact) mass is 300 g/mol. The van der Waals surface area contributed by atoms with E-state index in [4.69, 9.17) is 29.0 Å². The smallest absolute Gasteiger partial charge is 0.238 e. The first kappa shape index (κ1) is 13.4. The first-order valence-corrected chi connectivity index (χ1v) is 6.80. The van der Waals surface area contributed by atoms with Crippen LogP contribution in [-0.2, 0) is 5.75 Å². The summed E-state index contributed by atoms with van der Waals surface area (Å²) in [6, 6.07) is 7.65. The molecule has 1 aromatic heterocycles. The topological polar surface area (TPSA) is 63.8 Å². The van der Waals surface area contributed by atoms with Crippen LogP contribution in [0.4, 0.5) is 5.95 Å². The molecule has 0 bridgehead atoms. The van der Waals surface area contributed by atoms with E-state index in [0.29, 0.717) is 21.7 Å². The van der Waals surface area contributed by atoms with Gasteiger partial charge in [-0.2, -0.15) is 0 Å². The molecule has 3 N–H and O–H groups in total. The highest BCUT2D eigenvalue weighted by molar-refractivity contribution is 7.98. The minimum Gasteiger partial charge on any atom is -0.292 e. The maximum absolute atomic E-state index is 6.08. The Morgan fingerprint density at radius 1 is 1.22 bits per heavy atom. The number of nitrogens with two attached hydrogens (primary N) is 1. The van der Waals surface area contributed by atoms with Gasteiger partial charge in [-0.05, 0) is 11.6 Å². The second-order valence-electron chi connectivity index (χ2n) is 3.37. The van der Waals surface area contributed by atoms with E-state index in [1.165, 1.54) is 18.0 Å². The molecule has 0 fully saturated rings. The molecule has 18 heavy (non-hydrogen) atoms. The Hall–Kier alpha value is -1.01. The summed E-state index contributed by atoms with van der Waals surface area (Å²) >= 11 is 13.6. The molecule has 0 aliphatic heterocycles. The lowest BCUT2D eigenvalue weighted by Crippen LogP contribution is -2.10. The van der Waals surface area contributed by atoms with Gasteiger partial charge in [-0.25, -0.2) is 15.8 Å². The lowest BCUT2D eigenvalue weighted by atomic mass is 10.2. The lowest BCUT2D eigenvalue weighted by molar-refractivity contribution is 1.03. The van der Waals surface area contributed by atoms with Crippen molar-refractivity contribution in [2.45, 2.75) is 10.8 Å². The van der Waals surface area contributed by atoms with Crippen molar-refractivity contribution in [2.24, 2.45) is 5.84 Å². The molecule has 0 aliphatic rings. The quantitative estimate of drug-likeness (QED) is 0.392. The molecule has 0 radical (unpaired) electrons. The van der Waals surface area contributed by atoms with Gasteiger partial charge in [-0.1, -0.05) is 53.2 Å². The third-order valence-corrected chi connectivity index (χ3v) is 3.96. The first-order valence-electron chi connectivity index (χ1n) is 5.06. The van der Waals surface area contributed by atoms with Gasteiger partial charge >= 0.3 is 0 Å². The number of nitrogens with one attached hydrogen (secondary N) is 1. The summed E-state index contributed by atoms with van der Waals surface area (Å²) in [7, 11) is 0. The maximum atomic E-state index is 6.08. The number of hydrogen-bond donors (Lipinski definition) is 2. The molecule has 0 aliphatic carbocycles. The predicted octanol–water partition coefficient (Wildman–Crippen LogP) is 3.36. The molecular weight excluding hydrogens is 291 g/mol. The standard InChI is InChI=1S/C11H10Cl2N4S/c12-8-4-2-1-3-7(8)6-18-10-9(13)5-15-11(16-10)17-14/h1-5H,6,14H2,(H,15,16,17). The Bertz CT molecular complexity index is 550. The molecule has 2 rings (SSSR count). The van der Waals surface area contributed by atoms with Crippen LogP contribution < -0.4 is 11.3 Å². The van der Waals surface area contributed by atoms with Gasteiger partial charge in [0.05, 0.1) is 11.2 Å². The van der Waals surface area contributed by atoms with Crippen molar-refractivity contribution < 1.29 is 0 Å². The van der Waals surface area contributed by atoms with E-state index in [1.54, 1.807) is 0 Å². The van der Waals surface area contributed by atoms with Crippen LogP contribution in [0.15, 0.2) is 35.5 Å². The van der Waals surface area contributed by atoms with Crippen molar-refractivity contribution in [3.63, 3.8) is 0 Å². The van der Waals surface area contributed by atoms with Crippen LogP contribution in [0, 0.1) is 0 Å². The Kier molecular flexibility index (Phi) is 4.66. The van der Waals surface area contributed by atoms with E-state index in [1.807, 2.05) is 24.3 Å². The number of benzene rings is 1. The molecule has 94 valence electrons. The van der Waals surface area contributed by atoms with Crippen LogP contribution in [0.3, 0.4) is 0 Å². The number of halogens is 2. The third kappa shape index (κ3) is 3.26. The average molecular weight is 301 g/mol. The van der Waals surface area contributed by atoms with E-state index in [2.05, 4.69) is 15.4 Å². The number of nitrogens with zero attached hydrogens (tertiary/aromatic N) is 2. The number of aromatic nitrogens is 2. The number of nitrogen functional groups attached to an aromatic ring is 1. The molecule has 0 spiro atoms. The van der Waals surface area contributed by atoms with E-state index in [-0.39, 0.29) is 0 Å². The first-order chi connectivity index (χ1) is 8.70. The highest BCUT2D eigenvalue weighted by Crippen LogP contribution is 2.30. The zero-order valence-corrected chi connectivity index (χ0v) is 11.6. The van der Waals surface area contributed by atoms with E-state index < -0.39 is 0 Å². The summed E-state index contributed by atoms with van der Waals surface area (Å²) in [5, 5.41) is 1.89. The van der Waals surface area contributed by atoms with Gasteiger partial charge in [0.15, 0.2) is 0 Å². The molecule has 1 heterocycles. The van der Waals surface area contributed by atoms with Crippen molar-refractivity contribution in [2.75, 3.05) is 5.43 Å². The fourth-order valence-corrected chi connectivity index (χ4v) is 2.71. The minimum absolute atomic E-state index is 0.334. The number of hydrogen-bond acceptors (Lipinski definition) is 5. The summed E-state index contributed by atoms with van der Waals surface area (Å²) in [5.74, 6) is 6.27. The Morgan fingerprint density at radius 3 is 2.72 bits per heavy atom. The molecular formula is C11H10Cl2N4S.